The van der Waals surface area contributed by atoms with Crippen LogP contribution in [0, 0.1) is 13.8 Å². The lowest BCUT2D eigenvalue weighted by atomic mass is 9.97. The molecule has 16 heavy (non-hydrogen) atoms. The summed E-state index contributed by atoms with van der Waals surface area (Å²) in [5, 5.41) is 3.57. The van der Waals surface area contributed by atoms with Crippen molar-refractivity contribution < 1.29 is 4.74 Å². The molecule has 1 aromatic carbocycles. The fraction of sp³-hybridized carbons (Fsp3) is 0.571. The van der Waals surface area contributed by atoms with Crippen LogP contribution in [-0.4, -0.2) is 12.6 Å². The fourth-order valence-electron chi connectivity index (χ4n) is 2.51. The van der Waals surface area contributed by atoms with Gasteiger partial charge in [-0.2, -0.15) is 0 Å². The van der Waals surface area contributed by atoms with Crippen molar-refractivity contribution in [2.75, 3.05) is 6.54 Å². The van der Waals surface area contributed by atoms with Crippen LogP contribution in [0.3, 0.4) is 0 Å². The Hall–Kier alpha value is -1.02. The van der Waals surface area contributed by atoms with E-state index in [4.69, 9.17) is 4.74 Å². The van der Waals surface area contributed by atoms with Gasteiger partial charge in [0.2, 0.25) is 0 Å². The Balaban J connectivity index is 2.32. The van der Waals surface area contributed by atoms with Crippen LogP contribution in [0.15, 0.2) is 12.1 Å². The molecule has 1 heterocycles. The molecule has 2 nitrogen and oxygen atoms in total. The third-order valence-electron chi connectivity index (χ3n) is 3.20. The standard InChI is InChI=1S/C14H21NO/c1-5-6-15-14-11(4)16-12-8-9(2)7-10(3)13(12)14/h7-8,11,14-15H,5-6H2,1-4H3. The van der Waals surface area contributed by atoms with Crippen LogP contribution in [0.1, 0.15) is 43.0 Å². The van der Waals surface area contributed by atoms with Crippen molar-refractivity contribution in [3.05, 3.63) is 28.8 Å². The maximum atomic E-state index is 5.92. The van der Waals surface area contributed by atoms with Crippen molar-refractivity contribution in [3.63, 3.8) is 0 Å². The van der Waals surface area contributed by atoms with E-state index in [-0.39, 0.29) is 6.10 Å². The van der Waals surface area contributed by atoms with Gasteiger partial charge in [0.1, 0.15) is 11.9 Å². The highest BCUT2D eigenvalue weighted by Crippen LogP contribution is 2.39. The third-order valence-corrected chi connectivity index (χ3v) is 3.20. The molecule has 1 aliphatic heterocycles. The minimum Gasteiger partial charge on any atom is -0.488 e. The van der Waals surface area contributed by atoms with Crippen LogP contribution in [0.5, 0.6) is 5.75 Å². The number of nitrogens with one attached hydrogen (secondary N) is 1. The first kappa shape index (κ1) is 11.5. The highest BCUT2D eigenvalue weighted by molar-refractivity contribution is 5.48. The van der Waals surface area contributed by atoms with Crippen LogP contribution in [-0.2, 0) is 0 Å². The zero-order valence-corrected chi connectivity index (χ0v) is 10.6. The van der Waals surface area contributed by atoms with Gasteiger partial charge >= 0.3 is 0 Å². The van der Waals surface area contributed by atoms with Gasteiger partial charge in [-0.05, 0) is 50.9 Å². The van der Waals surface area contributed by atoms with E-state index >= 15 is 0 Å². The second-order valence-corrected chi connectivity index (χ2v) is 4.75. The average molecular weight is 219 g/mol. The first-order valence-corrected chi connectivity index (χ1v) is 6.14. The zero-order valence-electron chi connectivity index (χ0n) is 10.6. The van der Waals surface area contributed by atoms with E-state index in [1.54, 1.807) is 0 Å². The predicted octanol–water partition coefficient (Wildman–Crippen LogP) is 3.13. The van der Waals surface area contributed by atoms with E-state index in [2.05, 4.69) is 45.1 Å². The van der Waals surface area contributed by atoms with E-state index in [0.29, 0.717) is 6.04 Å². The molecular weight excluding hydrogens is 198 g/mol. The molecule has 0 aromatic heterocycles. The highest BCUT2D eigenvalue weighted by atomic mass is 16.5. The van der Waals surface area contributed by atoms with Gasteiger partial charge in [-0.15, -0.1) is 0 Å². The van der Waals surface area contributed by atoms with Crippen LogP contribution in [0.2, 0.25) is 0 Å². The van der Waals surface area contributed by atoms with Crippen molar-refractivity contribution in [1.29, 1.82) is 0 Å². The van der Waals surface area contributed by atoms with Crippen molar-refractivity contribution in [1.82, 2.24) is 5.32 Å². The van der Waals surface area contributed by atoms with Crippen LogP contribution >= 0.6 is 0 Å². The molecule has 1 aromatic rings. The van der Waals surface area contributed by atoms with Crippen molar-refractivity contribution >= 4 is 0 Å². The quantitative estimate of drug-likeness (QED) is 0.843. The Kier molecular flexibility index (Phi) is 3.20. The van der Waals surface area contributed by atoms with Gasteiger partial charge in [0.05, 0.1) is 6.04 Å². The Bertz CT molecular complexity index is 387. The van der Waals surface area contributed by atoms with Crippen LogP contribution < -0.4 is 10.1 Å². The summed E-state index contributed by atoms with van der Waals surface area (Å²) in [6, 6.07) is 4.74. The summed E-state index contributed by atoms with van der Waals surface area (Å²) in [6.45, 7) is 9.67. The van der Waals surface area contributed by atoms with Crippen LogP contribution in [0.4, 0.5) is 0 Å². The summed E-state index contributed by atoms with van der Waals surface area (Å²) in [6.07, 6.45) is 1.39. The topological polar surface area (TPSA) is 21.3 Å². The minimum atomic E-state index is 0.238. The number of aryl methyl sites for hydroxylation is 2. The average Bonchev–Trinajstić information content (AvgIpc) is 2.51. The number of hydrogen-bond donors (Lipinski definition) is 1. The molecule has 88 valence electrons. The molecule has 0 spiro atoms. The summed E-state index contributed by atoms with van der Waals surface area (Å²) in [7, 11) is 0. The molecule has 0 bridgehead atoms. The maximum absolute atomic E-state index is 5.92. The molecule has 2 rings (SSSR count). The SMILES string of the molecule is CCCNC1c2c(C)cc(C)cc2OC1C. The third kappa shape index (κ3) is 1.94. The maximum Gasteiger partial charge on any atom is 0.125 e. The molecule has 0 saturated carbocycles. The molecule has 2 heteroatoms. The molecule has 0 radical (unpaired) electrons. The predicted molar refractivity (Wildman–Crippen MR) is 67.0 cm³/mol. The molecule has 1 aliphatic rings. The Morgan fingerprint density at radius 1 is 1.31 bits per heavy atom. The van der Waals surface area contributed by atoms with Gasteiger partial charge in [0.25, 0.3) is 0 Å². The van der Waals surface area contributed by atoms with Gasteiger partial charge in [-0.1, -0.05) is 13.0 Å². The first-order valence-electron chi connectivity index (χ1n) is 6.14. The number of fused-ring (bicyclic) bond motifs is 1. The molecule has 0 amide bonds. The molecule has 0 fully saturated rings. The van der Waals surface area contributed by atoms with E-state index in [0.717, 1.165) is 18.7 Å². The van der Waals surface area contributed by atoms with E-state index < -0.39 is 0 Å². The van der Waals surface area contributed by atoms with Gasteiger partial charge in [0, 0.05) is 5.56 Å². The minimum absolute atomic E-state index is 0.238. The zero-order chi connectivity index (χ0) is 11.7. The Morgan fingerprint density at radius 2 is 2.06 bits per heavy atom. The summed E-state index contributed by atoms with van der Waals surface area (Å²) in [4.78, 5) is 0. The monoisotopic (exact) mass is 219 g/mol. The summed E-state index contributed by atoms with van der Waals surface area (Å²) in [5.41, 5.74) is 3.97. The second-order valence-electron chi connectivity index (χ2n) is 4.75. The second kappa shape index (κ2) is 4.46. The van der Waals surface area contributed by atoms with E-state index in [1.165, 1.54) is 16.7 Å². The Morgan fingerprint density at radius 3 is 2.75 bits per heavy atom. The molecule has 0 aliphatic carbocycles. The lowest BCUT2D eigenvalue weighted by molar-refractivity contribution is 0.209. The lowest BCUT2D eigenvalue weighted by Gasteiger charge is -2.17. The normalized spacial score (nSPS) is 23.0. The molecule has 2 atom stereocenters. The smallest absolute Gasteiger partial charge is 0.125 e. The van der Waals surface area contributed by atoms with Crippen molar-refractivity contribution in [2.24, 2.45) is 0 Å². The number of rotatable bonds is 3. The van der Waals surface area contributed by atoms with Gasteiger partial charge in [0.15, 0.2) is 0 Å². The summed E-state index contributed by atoms with van der Waals surface area (Å²) < 4.78 is 5.92. The van der Waals surface area contributed by atoms with Crippen molar-refractivity contribution in [3.8, 4) is 5.75 Å². The fourth-order valence-corrected chi connectivity index (χ4v) is 2.51. The van der Waals surface area contributed by atoms with Gasteiger partial charge in [-0.25, -0.2) is 0 Å². The van der Waals surface area contributed by atoms with E-state index in [9.17, 15) is 0 Å². The summed E-state index contributed by atoms with van der Waals surface area (Å²) >= 11 is 0. The summed E-state index contributed by atoms with van der Waals surface area (Å²) in [5.74, 6) is 1.07. The van der Waals surface area contributed by atoms with Gasteiger partial charge in [-0.3, -0.25) is 0 Å². The number of benzene rings is 1. The largest absolute Gasteiger partial charge is 0.488 e. The Labute approximate surface area is 98.0 Å². The molecule has 0 saturated heterocycles. The molecular formula is C14H21NO. The van der Waals surface area contributed by atoms with Crippen LogP contribution in [0.25, 0.3) is 0 Å². The highest BCUT2D eigenvalue weighted by Gasteiger charge is 2.32. The first-order chi connectivity index (χ1) is 7.63. The lowest BCUT2D eigenvalue weighted by Crippen LogP contribution is -2.29. The number of ether oxygens (including phenoxy) is 1. The van der Waals surface area contributed by atoms with Gasteiger partial charge < -0.3 is 10.1 Å². The number of hydrogen-bond acceptors (Lipinski definition) is 2. The molecule has 2 unspecified atom stereocenters. The molecule has 1 N–H and O–H groups in total. The van der Waals surface area contributed by atoms with Crippen molar-refractivity contribution in [2.45, 2.75) is 46.3 Å². The van der Waals surface area contributed by atoms with E-state index in [1.807, 2.05) is 0 Å².